The Hall–Kier alpha value is -3.17. The fourth-order valence-corrected chi connectivity index (χ4v) is 3.59. The molecule has 1 N–H and O–H groups in total. The molecule has 0 aliphatic heterocycles. The van der Waals surface area contributed by atoms with Gasteiger partial charge in [0.15, 0.2) is 5.65 Å². The van der Waals surface area contributed by atoms with E-state index in [2.05, 4.69) is 25.4 Å². The zero-order chi connectivity index (χ0) is 17.5. The molecule has 5 rings (SSSR count). The molecule has 3 aromatic heterocycles. The van der Waals surface area contributed by atoms with Crippen LogP contribution in [0.15, 0.2) is 48.9 Å². The van der Waals surface area contributed by atoms with E-state index in [0.717, 1.165) is 40.9 Å². The van der Waals surface area contributed by atoms with Crippen molar-refractivity contribution in [3.63, 3.8) is 0 Å². The van der Waals surface area contributed by atoms with Gasteiger partial charge in [-0.3, -0.25) is 4.40 Å². The van der Waals surface area contributed by atoms with Crippen molar-refractivity contribution in [2.24, 2.45) is 0 Å². The molecule has 1 aliphatic rings. The van der Waals surface area contributed by atoms with Crippen LogP contribution in [0.2, 0.25) is 0 Å². The van der Waals surface area contributed by atoms with E-state index in [4.69, 9.17) is 10.00 Å². The topological polar surface area (TPSA) is 79.0 Å². The summed E-state index contributed by atoms with van der Waals surface area (Å²) >= 11 is 0. The van der Waals surface area contributed by atoms with Crippen molar-refractivity contribution >= 4 is 16.7 Å². The van der Waals surface area contributed by atoms with Crippen molar-refractivity contribution in [1.29, 1.82) is 5.26 Å². The van der Waals surface area contributed by atoms with Crippen LogP contribution in [0.25, 0.3) is 16.7 Å². The molecule has 1 aromatic carbocycles. The van der Waals surface area contributed by atoms with Gasteiger partial charge in [0.25, 0.3) is 0 Å². The third-order valence-corrected chi connectivity index (χ3v) is 5.12. The molecule has 4 aromatic rings. The Labute approximate surface area is 150 Å². The summed E-state index contributed by atoms with van der Waals surface area (Å²) in [6.45, 7) is 0.581. The van der Waals surface area contributed by atoms with E-state index < -0.39 is 0 Å². The van der Waals surface area contributed by atoms with Crippen LogP contribution in [-0.4, -0.2) is 25.5 Å². The summed E-state index contributed by atoms with van der Waals surface area (Å²) in [4.78, 5) is 12.2. The van der Waals surface area contributed by atoms with Crippen LogP contribution in [0.3, 0.4) is 0 Å². The van der Waals surface area contributed by atoms with Crippen LogP contribution in [0.1, 0.15) is 35.7 Å². The van der Waals surface area contributed by atoms with Crippen molar-refractivity contribution in [3.05, 3.63) is 65.9 Å². The summed E-state index contributed by atoms with van der Waals surface area (Å²) in [6.07, 6.45) is 7.86. The van der Waals surface area contributed by atoms with Gasteiger partial charge >= 0.3 is 0 Å². The lowest BCUT2D eigenvalue weighted by Gasteiger charge is -2.34. The van der Waals surface area contributed by atoms with Crippen molar-refractivity contribution in [2.75, 3.05) is 0 Å². The number of H-pyrrole nitrogens is 1. The van der Waals surface area contributed by atoms with Gasteiger partial charge in [-0.25, -0.2) is 9.97 Å². The fraction of sp³-hybridized carbons (Fsp3) is 0.250. The number of aromatic amines is 1. The normalized spacial score (nSPS) is 19.5. The molecule has 1 aliphatic carbocycles. The molecule has 6 heteroatoms. The van der Waals surface area contributed by atoms with Crippen LogP contribution >= 0.6 is 0 Å². The smallest absolute Gasteiger partial charge is 0.154 e. The molecule has 0 amide bonds. The first-order chi connectivity index (χ1) is 12.8. The number of ether oxygens (including phenoxy) is 1. The first-order valence-electron chi connectivity index (χ1n) is 8.72. The number of aromatic nitrogens is 4. The maximum absolute atomic E-state index is 8.85. The van der Waals surface area contributed by atoms with Gasteiger partial charge in [-0.15, -0.1) is 0 Å². The molecule has 0 radical (unpaired) electrons. The predicted molar refractivity (Wildman–Crippen MR) is 96.6 cm³/mol. The van der Waals surface area contributed by atoms with Gasteiger partial charge < -0.3 is 9.72 Å². The molecule has 0 atom stereocenters. The zero-order valence-corrected chi connectivity index (χ0v) is 14.1. The number of nitrogens with one attached hydrogen (secondary N) is 1. The van der Waals surface area contributed by atoms with Crippen LogP contribution in [-0.2, 0) is 11.3 Å². The third kappa shape index (κ3) is 2.45. The highest BCUT2D eigenvalue weighted by Crippen LogP contribution is 2.39. The second kappa shape index (κ2) is 5.97. The summed E-state index contributed by atoms with van der Waals surface area (Å²) in [6, 6.07) is 11.7. The van der Waals surface area contributed by atoms with Crippen LogP contribution in [0.5, 0.6) is 0 Å². The molecule has 1 fully saturated rings. The molecular weight excluding hydrogens is 326 g/mol. The summed E-state index contributed by atoms with van der Waals surface area (Å²) in [7, 11) is 0. The van der Waals surface area contributed by atoms with E-state index in [-0.39, 0.29) is 6.10 Å². The summed E-state index contributed by atoms with van der Waals surface area (Å²) in [5.41, 5.74) is 4.74. The lowest BCUT2D eigenvalue weighted by Crippen LogP contribution is -2.30. The van der Waals surface area contributed by atoms with E-state index in [1.807, 2.05) is 48.9 Å². The third-order valence-electron chi connectivity index (χ3n) is 5.12. The predicted octanol–water partition coefficient (Wildman–Crippen LogP) is 3.55. The van der Waals surface area contributed by atoms with E-state index in [1.165, 1.54) is 0 Å². The van der Waals surface area contributed by atoms with Crippen molar-refractivity contribution in [3.8, 4) is 6.07 Å². The largest absolute Gasteiger partial charge is 0.373 e. The molecule has 6 nitrogen and oxygen atoms in total. The second-order valence-corrected chi connectivity index (χ2v) is 6.76. The van der Waals surface area contributed by atoms with Gasteiger partial charge in [-0.2, -0.15) is 5.26 Å². The number of benzene rings is 1. The quantitative estimate of drug-likeness (QED) is 0.614. The minimum Gasteiger partial charge on any atom is -0.373 e. The van der Waals surface area contributed by atoms with Gasteiger partial charge in [0.1, 0.15) is 5.82 Å². The Bertz CT molecular complexity index is 1110. The summed E-state index contributed by atoms with van der Waals surface area (Å²) in [5, 5.41) is 8.85. The summed E-state index contributed by atoms with van der Waals surface area (Å²) in [5.74, 6) is 1.49. The second-order valence-electron chi connectivity index (χ2n) is 6.76. The van der Waals surface area contributed by atoms with Gasteiger partial charge in [0.2, 0.25) is 0 Å². The monoisotopic (exact) mass is 343 g/mol. The minimum atomic E-state index is 0.256. The van der Waals surface area contributed by atoms with Crippen LogP contribution in [0.4, 0.5) is 0 Å². The van der Waals surface area contributed by atoms with Crippen LogP contribution < -0.4 is 0 Å². The number of fused-ring (bicyclic) bond motifs is 3. The highest BCUT2D eigenvalue weighted by Gasteiger charge is 2.34. The lowest BCUT2D eigenvalue weighted by molar-refractivity contribution is -0.0223. The maximum Gasteiger partial charge on any atom is 0.154 e. The van der Waals surface area contributed by atoms with E-state index in [9.17, 15) is 0 Å². The molecule has 128 valence electrons. The average Bonchev–Trinajstić information content (AvgIpc) is 3.27. The van der Waals surface area contributed by atoms with Gasteiger partial charge in [0.05, 0.1) is 47.8 Å². The Morgan fingerprint density at radius 1 is 1.15 bits per heavy atom. The Balaban J connectivity index is 1.27. The fourth-order valence-electron chi connectivity index (χ4n) is 3.59. The van der Waals surface area contributed by atoms with Crippen molar-refractivity contribution in [2.45, 2.75) is 31.5 Å². The molecule has 1 saturated carbocycles. The number of hydrogen-bond donors (Lipinski definition) is 1. The molecule has 0 saturated heterocycles. The Kier molecular flexibility index (Phi) is 3.47. The molecule has 26 heavy (non-hydrogen) atoms. The summed E-state index contributed by atoms with van der Waals surface area (Å²) < 4.78 is 8.21. The average molecular weight is 343 g/mol. The standard InChI is InChI=1S/C20H17N5O/c21-9-13-1-3-14(4-2-13)12-26-17-7-15(8-17)20-24-11-16-10-23-19-18(25(16)20)5-6-22-19/h1-6,10-11,15,17,22H,7-8,12H2. The SMILES string of the molecule is N#Cc1ccc(COC2CC(c3ncc4cnc5[nH]ccc5n34)C2)cc1. The van der Waals surface area contributed by atoms with E-state index in [0.29, 0.717) is 18.1 Å². The number of hydrogen-bond acceptors (Lipinski definition) is 4. The van der Waals surface area contributed by atoms with E-state index in [1.54, 1.807) is 0 Å². The van der Waals surface area contributed by atoms with Crippen LogP contribution in [0, 0.1) is 11.3 Å². The first kappa shape index (κ1) is 15.1. The Morgan fingerprint density at radius 3 is 2.77 bits per heavy atom. The van der Waals surface area contributed by atoms with Crippen molar-refractivity contribution < 1.29 is 4.74 Å². The number of rotatable bonds is 4. The minimum absolute atomic E-state index is 0.256. The highest BCUT2D eigenvalue weighted by atomic mass is 16.5. The molecular formula is C20H17N5O. The van der Waals surface area contributed by atoms with E-state index >= 15 is 0 Å². The lowest BCUT2D eigenvalue weighted by atomic mass is 9.81. The number of imidazole rings is 1. The van der Waals surface area contributed by atoms with Gasteiger partial charge in [-0.05, 0) is 36.6 Å². The number of nitrogens with zero attached hydrogens (tertiary/aromatic N) is 4. The van der Waals surface area contributed by atoms with Crippen molar-refractivity contribution in [1.82, 2.24) is 19.4 Å². The molecule has 0 spiro atoms. The highest BCUT2D eigenvalue weighted by molar-refractivity contribution is 5.75. The Morgan fingerprint density at radius 2 is 1.96 bits per heavy atom. The zero-order valence-electron chi connectivity index (χ0n) is 14.1. The molecule has 0 bridgehead atoms. The number of nitriles is 1. The maximum atomic E-state index is 8.85. The first-order valence-corrected chi connectivity index (χ1v) is 8.72. The van der Waals surface area contributed by atoms with Gasteiger partial charge in [-0.1, -0.05) is 12.1 Å². The molecule has 0 unspecified atom stereocenters. The van der Waals surface area contributed by atoms with Gasteiger partial charge in [0, 0.05) is 12.1 Å². The molecule has 3 heterocycles.